The van der Waals surface area contributed by atoms with E-state index in [-0.39, 0.29) is 18.0 Å². The molecule has 0 N–H and O–H groups in total. The molecule has 0 spiro atoms. The number of rotatable bonds is 8. The zero-order valence-corrected chi connectivity index (χ0v) is 17.0. The number of benzene rings is 3. The topological polar surface area (TPSA) is 55.8 Å². The summed E-state index contributed by atoms with van der Waals surface area (Å²) in [6.07, 6.45) is 0. The lowest BCUT2D eigenvalue weighted by molar-refractivity contribution is 0.397. The number of sulfonamides is 1. The number of halogens is 1. The maximum absolute atomic E-state index is 13.3. The zero-order chi connectivity index (χ0) is 20.9. The lowest BCUT2D eigenvalue weighted by Crippen LogP contribution is -2.30. The minimum atomic E-state index is -3.84. The van der Waals surface area contributed by atoms with E-state index in [0.29, 0.717) is 11.5 Å². The van der Waals surface area contributed by atoms with E-state index in [4.69, 9.17) is 9.47 Å². The van der Waals surface area contributed by atoms with Gasteiger partial charge in [-0.25, -0.2) is 12.8 Å². The van der Waals surface area contributed by atoms with Crippen LogP contribution in [0.4, 0.5) is 4.39 Å². The van der Waals surface area contributed by atoms with Gasteiger partial charge in [-0.1, -0.05) is 24.3 Å². The molecule has 0 saturated carbocycles. The molecular formula is C22H22FNO4S. The lowest BCUT2D eigenvalue weighted by Gasteiger charge is -2.23. The molecule has 3 aromatic rings. The molecule has 0 aliphatic heterocycles. The fourth-order valence-electron chi connectivity index (χ4n) is 2.85. The summed E-state index contributed by atoms with van der Waals surface area (Å²) in [4.78, 5) is 0.0425. The largest absolute Gasteiger partial charge is 0.497 e. The van der Waals surface area contributed by atoms with Crippen LogP contribution in [0.2, 0.25) is 0 Å². The van der Waals surface area contributed by atoms with E-state index in [1.807, 2.05) is 24.3 Å². The standard InChI is InChI=1S/C22H22FNO4S/c1-27-20-9-3-17(4-10-20)15-24(16-18-5-11-21(28-2)12-6-18)29(25,26)22-13-7-19(23)8-14-22/h3-14H,15-16H2,1-2H3. The first-order chi connectivity index (χ1) is 13.9. The van der Waals surface area contributed by atoms with Crippen molar-refractivity contribution in [1.29, 1.82) is 0 Å². The van der Waals surface area contributed by atoms with Gasteiger partial charge in [-0.2, -0.15) is 4.31 Å². The van der Waals surface area contributed by atoms with Crippen molar-refractivity contribution >= 4 is 10.0 Å². The summed E-state index contributed by atoms with van der Waals surface area (Å²) in [6.45, 7) is 0.325. The quantitative estimate of drug-likeness (QED) is 0.552. The van der Waals surface area contributed by atoms with Crippen LogP contribution in [0.5, 0.6) is 11.5 Å². The first kappa shape index (κ1) is 20.8. The molecular weight excluding hydrogens is 393 g/mol. The highest BCUT2D eigenvalue weighted by Crippen LogP contribution is 2.23. The Morgan fingerprint density at radius 2 is 1.14 bits per heavy atom. The highest BCUT2D eigenvalue weighted by molar-refractivity contribution is 7.89. The third-order valence-electron chi connectivity index (χ3n) is 4.49. The van der Waals surface area contributed by atoms with E-state index in [1.54, 1.807) is 38.5 Å². The molecule has 0 fully saturated rings. The maximum Gasteiger partial charge on any atom is 0.243 e. The van der Waals surface area contributed by atoms with E-state index in [2.05, 4.69) is 0 Å². The molecule has 0 heterocycles. The summed E-state index contributed by atoms with van der Waals surface area (Å²) in [6, 6.07) is 19.3. The number of hydrogen-bond donors (Lipinski definition) is 0. The van der Waals surface area contributed by atoms with Crippen molar-refractivity contribution < 1.29 is 22.3 Å². The molecule has 0 unspecified atom stereocenters. The molecule has 29 heavy (non-hydrogen) atoms. The van der Waals surface area contributed by atoms with Gasteiger partial charge < -0.3 is 9.47 Å². The van der Waals surface area contributed by atoms with Crippen LogP contribution >= 0.6 is 0 Å². The van der Waals surface area contributed by atoms with Gasteiger partial charge in [-0.05, 0) is 59.7 Å². The third-order valence-corrected chi connectivity index (χ3v) is 6.29. The molecule has 0 atom stereocenters. The van der Waals surface area contributed by atoms with Crippen molar-refractivity contribution in [1.82, 2.24) is 4.31 Å². The van der Waals surface area contributed by atoms with Crippen molar-refractivity contribution in [3.8, 4) is 11.5 Å². The van der Waals surface area contributed by atoms with Crippen molar-refractivity contribution in [2.45, 2.75) is 18.0 Å². The fraction of sp³-hybridized carbons (Fsp3) is 0.182. The van der Waals surface area contributed by atoms with Gasteiger partial charge in [0.25, 0.3) is 0 Å². The zero-order valence-electron chi connectivity index (χ0n) is 16.2. The van der Waals surface area contributed by atoms with Crippen LogP contribution in [0.25, 0.3) is 0 Å². The second-order valence-electron chi connectivity index (χ2n) is 6.42. The Hall–Kier alpha value is -2.90. The van der Waals surface area contributed by atoms with Crippen molar-refractivity contribution in [2.75, 3.05) is 14.2 Å². The first-order valence-electron chi connectivity index (χ1n) is 8.94. The average molecular weight is 415 g/mol. The maximum atomic E-state index is 13.3. The predicted molar refractivity (Wildman–Crippen MR) is 109 cm³/mol. The third kappa shape index (κ3) is 5.13. The van der Waals surface area contributed by atoms with Crippen LogP contribution in [0.15, 0.2) is 77.7 Å². The number of ether oxygens (including phenoxy) is 2. The molecule has 0 aliphatic rings. The molecule has 0 saturated heterocycles. The highest BCUT2D eigenvalue weighted by atomic mass is 32.2. The Morgan fingerprint density at radius 3 is 1.52 bits per heavy atom. The molecule has 0 amide bonds. The summed E-state index contributed by atoms with van der Waals surface area (Å²) in [5, 5.41) is 0. The smallest absolute Gasteiger partial charge is 0.243 e. The Morgan fingerprint density at radius 1 is 0.724 bits per heavy atom. The van der Waals surface area contributed by atoms with Gasteiger partial charge in [0, 0.05) is 13.1 Å². The van der Waals surface area contributed by atoms with E-state index in [0.717, 1.165) is 23.3 Å². The van der Waals surface area contributed by atoms with E-state index in [9.17, 15) is 12.8 Å². The van der Waals surface area contributed by atoms with Crippen LogP contribution in [0.3, 0.4) is 0 Å². The highest BCUT2D eigenvalue weighted by Gasteiger charge is 2.25. The van der Waals surface area contributed by atoms with Crippen LogP contribution < -0.4 is 9.47 Å². The van der Waals surface area contributed by atoms with Gasteiger partial charge in [0.05, 0.1) is 19.1 Å². The normalized spacial score (nSPS) is 11.4. The van der Waals surface area contributed by atoms with Crippen LogP contribution in [-0.2, 0) is 23.1 Å². The average Bonchev–Trinajstić information content (AvgIpc) is 2.74. The molecule has 3 rings (SSSR count). The van der Waals surface area contributed by atoms with Gasteiger partial charge in [-0.3, -0.25) is 0 Å². The van der Waals surface area contributed by atoms with E-state index in [1.165, 1.54) is 16.4 Å². The summed E-state index contributed by atoms with van der Waals surface area (Å²) in [7, 11) is -0.695. The number of methoxy groups -OCH3 is 2. The fourth-order valence-corrected chi connectivity index (χ4v) is 4.27. The molecule has 7 heteroatoms. The second kappa shape index (κ2) is 9.07. The van der Waals surface area contributed by atoms with Crippen LogP contribution in [0, 0.1) is 5.82 Å². The predicted octanol–water partition coefficient (Wildman–Crippen LogP) is 4.23. The molecule has 3 aromatic carbocycles. The summed E-state index contributed by atoms with van der Waals surface area (Å²) in [5.74, 6) is 0.898. The Bertz CT molecular complexity index is 984. The number of hydrogen-bond acceptors (Lipinski definition) is 4. The van der Waals surface area contributed by atoms with Gasteiger partial charge >= 0.3 is 0 Å². The monoisotopic (exact) mass is 415 g/mol. The molecule has 0 aromatic heterocycles. The summed E-state index contributed by atoms with van der Waals surface area (Å²) in [5.41, 5.74) is 1.62. The Labute approximate surface area is 170 Å². The number of nitrogens with zero attached hydrogens (tertiary/aromatic N) is 1. The van der Waals surface area contributed by atoms with E-state index < -0.39 is 15.8 Å². The van der Waals surface area contributed by atoms with Crippen molar-refractivity contribution in [2.24, 2.45) is 0 Å². The van der Waals surface area contributed by atoms with Crippen molar-refractivity contribution in [3.63, 3.8) is 0 Å². The molecule has 152 valence electrons. The first-order valence-corrected chi connectivity index (χ1v) is 10.4. The minimum Gasteiger partial charge on any atom is -0.497 e. The SMILES string of the molecule is COc1ccc(CN(Cc2ccc(OC)cc2)S(=O)(=O)c2ccc(F)cc2)cc1. The van der Waals surface area contributed by atoms with Gasteiger partial charge in [-0.15, -0.1) is 0 Å². The van der Waals surface area contributed by atoms with Gasteiger partial charge in [0.1, 0.15) is 17.3 Å². The van der Waals surface area contributed by atoms with E-state index >= 15 is 0 Å². The lowest BCUT2D eigenvalue weighted by atomic mass is 10.2. The Kier molecular flexibility index (Phi) is 6.51. The Balaban J connectivity index is 1.93. The molecule has 0 radical (unpaired) electrons. The summed E-state index contributed by atoms with van der Waals surface area (Å²) < 4.78 is 51.5. The molecule has 0 aliphatic carbocycles. The molecule has 5 nitrogen and oxygen atoms in total. The summed E-state index contributed by atoms with van der Waals surface area (Å²) >= 11 is 0. The van der Waals surface area contributed by atoms with Crippen LogP contribution in [0.1, 0.15) is 11.1 Å². The second-order valence-corrected chi connectivity index (χ2v) is 8.36. The van der Waals surface area contributed by atoms with Gasteiger partial charge in [0.15, 0.2) is 0 Å². The van der Waals surface area contributed by atoms with Crippen molar-refractivity contribution in [3.05, 3.63) is 89.7 Å². The molecule has 0 bridgehead atoms. The minimum absolute atomic E-state index is 0.0425. The van der Waals surface area contributed by atoms with Gasteiger partial charge in [0.2, 0.25) is 10.0 Å². The van der Waals surface area contributed by atoms with Crippen LogP contribution in [-0.4, -0.2) is 26.9 Å².